The molecule has 1 aliphatic heterocycles. The maximum atomic E-state index is 13.0. The molecule has 0 spiro atoms. The maximum Gasteiger partial charge on any atom is 0.319 e. The Bertz CT molecular complexity index is 755. The van der Waals surface area contributed by atoms with Gasteiger partial charge in [0.1, 0.15) is 12.4 Å². The lowest BCUT2D eigenvalue weighted by Gasteiger charge is -2.09. The van der Waals surface area contributed by atoms with Crippen LogP contribution < -0.4 is 24.8 Å². The number of hydrogen-bond acceptors (Lipinski definition) is 4. The van der Waals surface area contributed by atoms with Gasteiger partial charge in [-0.05, 0) is 24.3 Å². The number of urea groups is 1. The summed E-state index contributed by atoms with van der Waals surface area (Å²) in [5.41, 5.74) is 0.156. The standard InChI is InChI=1S/C16H14F2N2O4/c17-12-3-1-10(7-13(12)18)20-16(21)19-5-6-22-11-2-4-14-15(8-11)24-9-23-14/h1-4,7-8H,5-6,9H2,(H2,19,20,21). The first kappa shape index (κ1) is 15.9. The zero-order valence-electron chi connectivity index (χ0n) is 12.5. The van der Waals surface area contributed by atoms with Gasteiger partial charge < -0.3 is 24.8 Å². The van der Waals surface area contributed by atoms with Crippen LogP contribution in [0.1, 0.15) is 0 Å². The number of carbonyl (C=O) groups is 1. The van der Waals surface area contributed by atoms with E-state index in [0.717, 1.165) is 12.1 Å². The Morgan fingerprint density at radius 2 is 1.92 bits per heavy atom. The summed E-state index contributed by atoms with van der Waals surface area (Å²) in [6.07, 6.45) is 0. The molecule has 1 aliphatic rings. The molecule has 0 fully saturated rings. The molecule has 0 saturated heterocycles. The number of ether oxygens (including phenoxy) is 3. The molecular formula is C16H14F2N2O4. The van der Waals surface area contributed by atoms with Gasteiger partial charge in [-0.3, -0.25) is 0 Å². The van der Waals surface area contributed by atoms with Crippen LogP contribution in [0.25, 0.3) is 0 Å². The number of fused-ring (bicyclic) bond motifs is 1. The SMILES string of the molecule is O=C(NCCOc1ccc2c(c1)OCO2)Nc1ccc(F)c(F)c1. The molecule has 1 heterocycles. The number of hydrogen-bond donors (Lipinski definition) is 2. The molecular weight excluding hydrogens is 322 g/mol. The highest BCUT2D eigenvalue weighted by molar-refractivity contribution is 5.89. The summed E-state index contributed by atoms with van der Waals surface area (Å²) in [5, 5.41) is 4.93. The topological polar surface area (TPSA) is 68.8 Å². The van der Waals surface area contributed by atoms with E-state index in [9.17, 15) is 13.6 Å². The average Bonchev–Trinajstić information content (AvgIpc) is 3.03. The van der Waals surface area contributed by atoms with E-state index in [1.807, 2.05) is 0 Å². The summed E-state index contributed by atoms with van der Waals surface area (Å²) in [5.74, 6) is -0.151. The molecule has 0 aromatic heterocycles. The van der Waals surface area contributed by atoms with Crippen LogP contribution in [0.5, 0.6) is 17.2 Å². The van der Waals surface area contributed by atoms with Crippen molar-refractivity contribution in [1.82, 2.24) is 5.32 Å². The number of amides is 2. The lowest BCUT2D eigenvalue weighted by atomic mass is 10.3. The van der Waals surface area contributed by atoms with Crippen LogP contribution in [0.4, 0.5) is 19.3 Å². The lowest BCUT2D eigenvalue weighted by molar-refractivity contribution is 0.173. The van der Waals surface area contributed by atoms with E-state index < -0.39 is 17.7 Å². The molecule has 0 bridgehead atoms. The summed E-state index contributed by atoms with van der Waals surface area (Å²) in [4.78, 5) is 11.6. The minimum atomic E-state index is -1.03. The smallest absolute Gasteiger partial charge is 0.319 e. The van der Waals surface area contributed by atoms with Crippen LogP contribution in [-0.4, -0.2) is 26.0 Å². The summed E-state index contributed by atoms with van der Waals surface area (Å²) >= 11 is 0. The third kappa shape index (κ3) is 3.83. The van der Waals surface area contributed by atoms with Crippen LogP contribution >= 0.6 is 0 Å². The normalized spacial score (nSPS) is 11.9. The van der Waals surface area contributed by atoms with Crippen LogP contribution in [0.3, 0.4) is 0 Å². The number of anilines is 1. The Kier molecular flexibility index (Phi) is 4.64. The quantitative estimate of drug-likeness (QED) is 0.824. The van der Waals surface area contributed by atoms with Gasteiger partial charge in [0.25, 0.3) is 0 Å². The molecule has 2 aromatic rings. The molecule has 2 N–H and O–H groups in total. The Morgan fingerprint density at radius 3 is 2.75 bits per heavy atom. The van der Waals surface area contributed by atoms with Crippen LogP contribution in [-0.2, 0) is 0 Å². The van der Waals surface area contributed by atoms with E-state index in [1.54, 1.807) is 18.2 Å². The second kappa shape index (κ2) is 7.03. The molecule has 6 nitrogen and oxygen atoms in total. The van der Waals surface area contributed by atoms with Gasteiger partial charge in [-0.15, -0.1) is 0 Å². The Morgan fingerprint density at radius 1 is 1.08 bits per heavy atom. The predicted octanol–water partition coefficient (Wildman–Crippen LogP) is 2.89. The highest BCUT2D eigenvalue weighted by Crippen LogP contribution is 2.34. The van der Waals surface area contributed by atoms with Gasteiger partial charge in [-0.25, -0.2) is 13.6 Å². The number of nitrogens with one attached hydrogen (secondary N) is 2. The van der Waals surface area contributed by atoms with Crippen molar-refractivity contribution in [2.75, 3.05) is 25.3 Å². The summed E-state index contributed by atoms with van der Waals surface area (Å²) < 4.78 is 41.7. The first-order chi connectivity index (χ1) is 11.6. The molecule has 24 heavy (non-hydrogen) atoms. The third-order valence-corrected chi connectivity index (χ3v) is 3.18. The highest BCUT2D eigenvalue weighted by atomic mass is 19.2. The zero-order chi connectivity index (χ0) is 16.9. The van der Waals surface area contributed by atoms with Gasteiger partial charge >= 0.3 is 6.03 Å². The summed E-state index contributed by atoms with van der Waals surface area (Å²) in [6.45, 7) is 0.638. The molecule has 2 amide bonds. The van der Waals surface area contributed by atoms with Crippen molar-refractivity contribution in [1.29, 1.82) is 0 Å². The van der Waals surface area contributed by atoms with Gasteiger partial charge in [0, 0.05) is 17.8 Å². The fourth-order valence-corrected chi connectivity index (χ4v) is 2.05. The van der Waals surface area contributed by atoms with Gasteiger partial charge in [0.15, 0.2) is 23.1 Å². The molecule has 126 valence electrons. The molecule has 0 saturated carbocycles. The van der Waals surface area contributed by atoms with E-state index in [0.29, 0.717) is 17.2 Å². The van der Waals surface area contributed by atoms with Crippen molar-refractivity contribution in [3.8, 4) is 17.2 Å². The number of halogens is 2. The summed E-state index contributed by atoms with van der Waals surface area (Å²) in [6, 6.07) is 7.72. The fraction of sp³-hybridized carbons (Fsp3) is 0.188. The minimum Gasteiger partial charge on any atom is -0.492 e. The maximum absolute atomic E-state index is 13.0. The number of rotatable bonds is 5. The largest absolute Gasteiger partial charge is 0.492 e. The Labute approximate surface area is 136 Å². The molecule has 0 aliphatic carbocycles. The van der Waals surface area contributed by atoms with Crippen LogP contribution in [0, 0.1) is 11.6 Å². The van der Waals surface area contributed by atoms with Crippen molar-refractivity contribution < 1.29 is 27.8 Å². The number of benzene rings is 2. The van der Waals surface area contributed by atoms with E-state index >= 15 is 0 Å². The Hall–Kier alpha value is -3.03. The van der Waals surface area contributed by atoms with Crippen molar-refractivity contribution >= 4 is 11.7 Å². The van der Waals surface area contributed by atoms with Gasteiger partial charge in [-0.2, -0.15) is 0 Å². The third-order valence-electron chi connectivity index (χ3n) is 3.18. The van der Waals surface area contributed by atoms with Crippen molar-refractivity contribution in [2.24, 2.45) is 0 Å². The molecule has 8 heteroatoms. The van der Waals surface area contributed by atoms with Crippen LogP contribution in [0.2, 0.25) is 0 Å². The van der Waals surface area contributed by atoms with Crippen molar-refractivity contribution in [2.45, 2.75) is 0 Å². The first-order valence-electron chi connectivity index (χ1n) is 7.14. The van der Waals surface area contributed by atoms with Crippen LogP contribution in [0.15, 0.2) is 36.4 Å². The molecule has 0 radical (unpaired) electrons. The minimum absolute atomic E-state index is 0.156. The molecule has 0 atom stereocenters. The molecule has 2 aromatic carbocycles. The monoisotopic (exact) mass is 336 g/mol. The van der Waals surface area contributed by atoms with Gasteiger partial charge in [-0.1, -0.05) is 0 Å². The zero-order valence-corrected chi connectivity index (χ0v) is 12.5. The highest BCUT2D eigenvalue weighted by Gasteiger charge is 2.13. The average molecular weight is 336 g/mol. The van der Waals surface area contributed by atoms with E-state index in [-0.39, 0.29) is 25.6 Å². The molecule has 3 rings (SSSR count). The predicted molar refractivity (Wildman–Crippen MR) is 81.4 cm³/mol. The second-order valence-electron chi connectivity index (χ2n) is 4.87. The van der Waals surface area contributed by atoms with E-state index in [1.165, 1.54) is 6.07 Å². The number of carbonyl (C=O) groups excluding carboxylic acids is 1. The van der Waals surface area contributed by atoms with Gasteiger partial charge in [0.05, 0.1) is 6.54 Å². The summed E-state index contributed by atoms with van der Waals surface area (Å²) in [7, 11) is 0. The lowest BCUT2D eigenvalue weighted by Crippen LogP contribution is -2.32. The first-order valence-corrected chi connectivity index (χ1v) is 7.14. The molecule has 0 unspecified atom stereocenters. The van der Waals surface area contributed by atoms with E-state index in [2.05, 4.69) is 10.6 Å². The van der Waals surface area contributed by atoms with Crippen molar-refractivity contribution in [3.63, 3.8) is 0 Å². The van der Waals surface area contributed by atoms with E-state index in [4.69, 9.17) is 14.2 Å². The Balaban J connectivity index is 1.41. The fourth-order valence-electron chi connectivity index (χ4n) is 2.05. The second-order valence-corrected chi connectivity index (χ2v) is 4.87. The van der Waals surface area contributed by atoms with Gasteiger partial charge in [0.2, 0.25) is 6.79 Å². The van der Waals surface area contributed by atoms with Crippen molar-refractivity contribution in [3.05, 3.63) is 48.0 Å².